The van der Waals surface area contributed by atoms with Crippen molar-refractivity contribution in [3.8, 4) is 0 Å². The molecular weight excluding hydrogens is 380 g/mol. The Labute approximate surface area is 174 Å². The average Bonchev–Trinajstić information content (AvgIpc) is 3.18. The number of carbonyl (C=O) groups is 1. The zero-order valence-electron chi connectivity index (χ0n) is 16.2. The van der Waals surface area contributed by atoms with Gasteiger partial charge in [-0.05, 0) is 48.2 Å². The van der Waals surface area contributed by atoms with Crippen molar-refractivity contribution in [2.24, 2.45) is 0 Å². The number of oxazole rings is 1. The van der Waals surface area contributed by atoms with Crippen molar-refractivity contribution in [2.75, 3.05) is 6.54 Å². The fraction of sp³-hybridized carbons (Fsp3) is 0.167. The number of nitrogens with zero attached hydrogens (tertiary/aromatic N) is 1. The van der Waals surface area contributed by atoms with Crippen LogP contribution in [-0.4, -0.2) is 17.4 Å². The summed E-state index contributed by atoms with van der Waals surface area (Å²) in [5, 5.41) is 3.64. The van der Waals surface area contributed by atoms with E-state index in [-0.39, 0.29) is 5.91 Å². The van der Waals surface area contributed by atoms with E-state index in [9.17, 15) is 4.79 Å². The molecule has 3 aromatic carbocycles. The predicted molar refractivity (Wildman–Crippen MR) is 117 cm³/mol. The fourth-order valence-electron chi connectivity index (χ4n) is 3.14. The van der Waals surface area contributed by atoms with Crippen LogP contribution < -0.4 is 5.32 Å². The average molecular weight is 403 g/mol. The number of amides is 1. The van der Waals surface area contributed by atoms with Gasteiger partial charge in [0, 0.05) is 17.9 Å². The SMILES string of the molecule is Cc1cccc2oc(SCc3cccc(C(=O)NCCc4ccccc4)c3)nc12. The van der Waals surface area contributed by atoms with Gasteiger partial charge in [0.2, 0.25) is 0 Å². The maximum Gasteiger partial charge on any atom is 0.257 e. The maximum absolute atomic E-state index is 12.5. The Morgan fingerprint density at radius 3 is 2.62 bits per heavy atom. The van der Waals surface area contributed by atoms with Crippen LogP contribution in [-0.2, 0) is 12.2 Å². The molecular formula is C24H22N2O2S. The van der Waals surface area contributed by atoms with Gasteiger partial charge in [0.25, 0.3) is 11.1 Å². The van der Waals surface area contributed by atoms with Crippen LogP contribution in [0.4, 0.5) is 0 Å². The molecule has 0 radical (unpaired) electrons. The van der Waals surface area contributed by atoms with Gasteiger partial charge >= 0.3 is 0 Å². The van der Waals surface area contributed by atoms with Crippen LogP contribution in [0.25, 0.3) is 11.1 Å². The van der Waals surface area contributed by atoms with Crippen molar-refractivity contribution in [2.45, 2.75) is 24.3 Å². The molecule has 5 heteroatoms. The van der Waals surface area contributed by atoms with Crippen LogP contribution in [0.15, 0.2) is 82.4 Å². The van der Waals surface area contributed by atoms with Gasteiger partial charge in [-0.2, -0.15) is 0 Å². The summed E-state index contributed by atoms with van der Waals surface area (Å²) < 4.78 is 5.82. The highest BCUT2D eigenvalue weighted by atomic mass is 32.2. The second-order valence-corrected chi connectivity index (χ2v) is 7.81. The van der Waals surface area contributed by atoms with E-state index in [1.807, 2.05) is 67.6 Å². The largest absolute Gasteiger partial charge is 0.431 e. The number of aromatic nitrogens is 1. The van der Waals surface area contributed by atoms with E-state index in [0.717, 1.165) is 28.6 Å². The summed E-state index contributed by atoms with van der Waals surface area (Å²) in [6, 6.07) is 23.8. The zero-order chi connectivity index (χ0) is 20.1. The Morgan fingerprint density at radius 2 is 1.79 bits per heavy atom. The highest BCUT2D eigenvalue weighted by Crippen LogP contribution is 2.27. The van der Waals surface area contributed by atoms with Crippen molar-refractivity contribution in [3.05, 3.63) is 95.1 Å². The van der Waals surface area contributed by atoms with Gasteiger partial charge in [0.05, 0.1) is 0 Å². The standard InChI is InChI=1S/C24H22N2O2S/c1-17-7-5-12-21-22(17)26-24(28-21)29-16-19-10-6-11-20(15-19)23(27)25-14-13-18-8-3-2-4-9-18/h2-12,15H,13-14,16H2,1H3,(H,25,27). The predicted octanol–water partition coefficient (Wildman–Crippen LogP) is 5.40. The van der Waals surface area contributed by atoms with E-state index in [0.29, 0.717) is 23.1 Å². The van der Waals surface area contributed by atoms with Crippen molar-refractivity contribution in [3.63, 3.8) is 0 Å². The number of para-hydroxylation sites is 1. The van der Waals surface area contributed by atoms with Crippen LogP contribution in [0.3, 0.4) is 0 Å². The highest BCUT2D eigenvalue weighted by Gasteiger charge is 2.10. The molecule has 0 spiro atoms. The lowest BCUT2D eigenvalue weighted by Crippen LogP contribution is -2.25. The summed E-state index contributed by atoms with van der Waals surface area (Å²) >= 11 is 1.53. The molecule has 1 N–H and O–H groups in total. The van der Waals surface area contributed by atoms with Crippen molar-refractivity contribution < 1.29 is 9.21 Å². The summed E-state index contributed by atoms with van der Waals surface area (Å²) in [6.45, 7) is 2.64. The second kappa shape index (κ2) is 8.97. The minimum Gasteiger partial charge on any atom is -0.431 e. The van der Waals surface area contributed by atoms with Gasteiger partial charge in [0.1, 0.15) is 5.52 Å². The van der Waals surface area contributed by atoms with Gasteiger partial charge in [0.15, 0.2) is 5.58 Å². The van der Waals surface area contributed by atoms with Gasteiger partial charge in [-0.25, -0.2) is 4.98 Å². The number of hydrogen-bond acceptors (Lipinski definition) is 4. The van der Waals surface area contributed by atoms with E-state index < -0.39 is 0 Å². The second-order valence-electron chi connectivity index (χ2n) is 6.88. The molecule has 0 saturated heterocycles. The lowest BCUT2D eigenvalue weighted by atomic mass is 10.1. The third-order valence-corrected chi connectivity index (χ3v) is 5.59. The van der Waals surface area contributed by atoms with E-state index in [1.54, 1.807) is 0 Å². The molecule has 0 saturated carbocycles. The Balaban J connectivity index is 1.35. The summed E-state index contributed by atoms with van der Waals surface area (Å²) in [5.74, 6) is 0.641. The molecule has 0 aliphatic carbocycles. The molecule has 29 heavy (non-hydrogen) atoms. The molecule has 0 aliphatic rings. The van der Waals surface area contributed by atoms with E-state index in [4.69, 9.17) is 4.42 Å². The molecule has 4 rings (SSSR count). The third kappa shape index (κ3) is 4.87. The Kier molecular flexibility index (Phi) is 5.96. The molecule has 146 valence electrons. The van der Waals surface area contributed by atoms with E-state index in [1.165, 1.54) is 17.3 Å². The number of aryl methyl sites for hydroxylation is 1. The van der Waals surface area contributed by atoms with Crippen LogP contribution in [0, 0.1) is 6.92 Å². The Hall–Kier alpha value is -3.05. The third-order valence-electron chi connectivity index (χ3n) is 4.69. The van der Waals surface area contributed by atoms with Gasteiger partial charge < -0.3 is 9.73 Å². The quantitative estimate of drug-likeness (QED) is 0.421. The zero-order valence-corrected chi connectivity index (χ0v) is 17.0. The maximum atomic E-state index is 12.5. The van der Waals surface area contributed by atoms with Crippen LogP contribution in [0.5, 0.6) is 0 Å². The number of hydrogen-bond donors (Lipinski definition) is 1. The van der Waals surface area contributed by atoms with Crippen LogP contribution in [0.2, 0.25) is 0 Å². The highest BCUT2D eigenvalue weighted by molar-refractivity contribution is 7.98. The number of fused-ring (bicyclic) bond motifs is 1. The summed E-state index contributed by atoms with van der Waals surface area (Å²) in [7, 11) is 0. The normalized spacial score (nSPS) is 10.9. The van der Waals surface area contributed by atoms with Crippen molar-refractivity contribution in [1.29, 1.82) is 0 Å². The molecule has 4 nitrogen and oxygen atoms in total. The number of benzene rings is 3. The van der Waals surface area contributed by atoms with Crippen molar-refractivity contribution in [1.82, 2.24) is 10.3 Å². The first kappa shape index (κ1) is 19.3. The topological polar surface area (TPSA) is 55.1 Å². The minimum atomic E-state index is -0.0507. The minimum absolute atomic E-state index is 0.0507. The number of nitrogens with one attached hydrogen (secondary N) is 1. The molecule has 0 unspecified atom stereocenters. The summed E-state index contributed by atoms with van der Waals surface area (Å²) in [6.07, 6.45) is 0.819. The Bertz CT molecular complexity index is 1120. The lowest BCUT2D eigenvalue weighted by Gasteiger charge is -2.07. The number of rotatable bonds is 7. The first-order chi connectivity index (χ1) is 14.2. The van der Waals surface area contributed by atoms with Crippen LogP contribution >= 0.6 is 11.8 Å². The fourth-order valence-corrected chi connectivity index (χ4v) is 3.92. The molecule has 0 fully saturated rings. The van der Waals surface area contributed by atoms with Gasteiger partial charge in [-0.3, -0.25) is 4.79 Å². The van der Waals surface area contributed by atoms with E-state index in [2.05, 4.69) is 22.4 Å². The van der Waals surface area contributed by atoms with Gasteiger partial charge in [-0.1, -0.05) is 66.4 Å². The molecule has 1 heterocycles. The number of thioether (sulfide) groups is 1. The molecule has 1 aromatic heterocycles. The lowest BCUT2D eigenvalue weighted by molar-refractivity contribution is 0.0954. The first-order valence-electron chi connectivity index (χ1n) is 9.59. The Morgan fingerprint density at radius 1 is 1.00 bits per heavy atom. The molecule has 0 bridgehead atoms. The smallest absolute Gasteiger partial charge is 0.257 e. The number of carbonyl (C=O) groups excluding carboxylic acids is 1. The van der Waals surface area contributed by atoms with E-state index >= 15 is 0 Å². The first-order valence-corrected chi connectivity index (χ1v) is 10.6. The summed E-state index contributed by atoms with van der Waals surface area (Å²) in [5.41, 5.74) is 5.76. The summed E-state index contributed by atoms with van der Waals surface area (Å²) in [4.78, 5) is 17.0. The van der Waals surface area contributed by atoms with Crippen LogP contribution in [0.1, 0.15) is 27.0 Å². The molecule has 0 atom stereocenters. The monoisotopic (exact) mass is 402 g/mol. The molecule has 1 amide bonds. The molecule has 4 aromatic rings. The van der Waals surface area contributed by atoms with Gasteiger partial charge in [-0.15, -0.1) is 0 Å². The molecule has 0 aliphatic heterocycles. The van der Waals surface area contributed by atoms with Crippen molar-refractivity contribution >= 4 is 28.8 Å².